The van der Waals surface area contributed by atoms with Gasteiger partial charge in [-0.3, -0.25) is 4.57 Å². The van der Waals surface area contributed by atoms with E-state index in [1.807, 2.05) is 0 Å². The Hall–Kier alpha value is -1.31. The molecule has 3 atom stereocenters. The number of hydrogen-bond acceptors (Lipinski definition) is 3. The average molecular weight is 279 g/mol. The second-order valence-electron chi connectivity index (χ2n) is 5.02. The van der Waals surface area contributed by atoms with Crippen LogP contribution in [0.2, 0.25) is 0 Å². The fourth-order valence-electron chi connectivity index (χ4n) is 2.55. The minimum Gasteiger partial charge on any atom is -0.393 e. The zero-order valence-electron chi connectivity index (χ0n) is 10.7. The maximum absolute atomic E-state index is 13.0. The van der Waals surface area contributed by atoms with Gasteiger partial charge in [0.15, 0.2) is 0 Å². The molecule has 0 amide bonds. The van der Waals surface area contributed by atoms with Gasteiger partial charge in [-0.25, -0.2) is 9.48 Å². The third-order valence-electron chi connectivity index (χ3n) is 3.74. The van der Waals surface area contributed by atoms with Crippen LogP contribution < -0.4 is 5.69 Å². The van der Waals surface area contributed by atoms with Gasteiger partial charge in [-0.1, -0.05) is 0 Å². The van der Waals surface area contributed by atoms with Crippen LogP contribution in [-0.2, 0) is 7.05 Å². The van der Waals surface area contributed by atoms with Crippen molar-refractivity contribution in [3.63, 3.8) is 0 Å². The van der Waals surface area contributed by atoms with Crippen LogP contribution in [-0.4, -0.2) is 31.7 Å². The van der Waals surface area contributed by atoms with E-state index in [-0.39, 0.29) is 19.3 Å². The van der Waals surface area contributed by atoms with Gasteiger partial charge in [0.2, 0.25) is 0 Å². The van der Waals surface area contributed by atoms with Crippen molar-refractivity contribution >= 4 is 0 Å². The second kappa shape index (κ2) is 4.66. The summed E-state index contributed by atoms with van der Waals surface area (Å²) in [6.45, 7) is 1.56. The van der Waals surface area contributed by atoms with Gasteiger partial charge in [0.25, 0.3) is 0 Å². The highest BCUT2D eigenvalue weighted by atomic mass is 19.4. The maximum atomic E-state index is 13.0. The summed E-state index contributed by atoms with van der Waals surface area (Å²) in [4.78, 5) is 11.9. The normalized spacial score (nSPS) is 28.6. The van der Waals surface area contributed by atoms with E-state index in [1.165, 1.54) is 11.6 Å². The largest absolute Gasteiger partial charge is 0.393 e. The zero-order valence-corrected chi connectivity index (χ0v) is 10.7. The average Bonchev–Trinajstić information content (AvgIpc) is 2.55. The number of hydrogen-bond donors (Lipinski definition) is 1. The quantitative estimate of drug-likeness (QED) is 0.839. The number of aromatic nitrogens is 3. The molecule has 1 heterocycles. The molecular formula is C11H16F3N3O2. The molecular weight excluding hydrogens is 263 g/mol. The zero-order chi connectivity index (χ0) is 14.4. The van der Waals surface area contributed by atoms with Crippen molar-refractivity contribution in [2.45, 2.75) is 44.5 Å². The fraction of sp³-hybridized carbons (Fsp3) is 0.818. The first-order valence-corrected chi connectivity index (χ1v) is 6.08. The smallest absolute Gasteiger partial charge is 0.393 e. The van der Waals surface area contributed by atoms with Gasteiger partial charge in [0, 0.05) is 7.05 Å². The number of rotatable bonds is 1. The second-order valence-corrected chi connectivity index (χ2v) is 5.02. The van der Waals surface area contributed by atoms with Gasteiger partial charge in [-0.2, -0.15) is 18.3 Å². The van der Waals surface area contributed by atoms with Gasteiger partial charge >= 0.3 is 11.9 Å². The predicted octanol–water partition coefficient (Wildman–Crippen LogP) is 1.15. The molecule has 1 aromatic rings. The van der Waals surface area contributed by atoms with E-state index in [2.05, 4.69) is 5.10 Å². The minimum absolute atomic E-state index is 0.0967. The summed E-state index contributed by atoms with van der Waals surface area (Å²) in [6.07, 6.45) is -5.40. The first-order valence-electron chi connectivity index (χ1n) is 6.08. The summed E-state index contributed by atoms with van der Waals surface area (Å²) in [7, 11) is 1.46. The summed E-state index contributed by atoms with van der Waals surface area (Å²) < 4.78 is 41.1. The van der Waals surface area contributed by atoms with Crippen molar-refractivity contribution in [2.75, 3.05) is 0 Å². The highest BCUT2D eigenvalue weighted by Crippen LogP contribution is 2.43. The molecule has 0 bridgehead atoms. The predicted molar refractivity (Wildman–Crippen MR) is 60.6 cm³/mol. The number of alkyl halides is 3. The molecule has 0 spiro atoms. The molecule has 1 N–H and O–H groups in total. The van der Waals surface area contributed by atoms with Gasteiger partial charge in [0.1, 0.15) is 5.82 Å². The SMILES string of the molecule is Cc1nn(C2CC(O)CCC2C(F)(F)F)c(=O)n1C. The molecule has 108 valence electrons. The summed E-state index contributed by atoms with van der Waals surface area (Å²) in [5.41, 5.74) is -0.578. The summed E-state index contributed by atoms with van der Waals surface area (Å²) >= 11 is 0. The van der Waals surface area contributed by atoms with Gasteiger partial charge in [0.05, 0.1) is 18.1 Å². The molecule has 19 heavy (non-hydrogen) atoms. The Morgan fingerprint density at radius 1 is 1.37 bits per heavy atom. The van der Waals surface area contributed by atoms with Crippen LogP contribution in [0.5, 0.6) is 0 Å². The molecule has 0 radical (unpaired) electrons. The fourth-order valence-corrected chi connectivity index (χ4v) is 2.55. The Balaban J connectivity index is 2.43. The van der Waals surface area contributed by atoms with Crippen LogP contribution in [0.3, 0.4) is 0 Å². The topological polar surface area (TPSA) is 60.0 Å². The van der Waals surface area contributed by atoms with Gasteiger partial charge in [-0.15, -0.1) is 0 Å². The molecule has 3 unspecified atom stereocenters. The van der Waals surface area contributed by atoms with Crippen LogP contribution in [0.1, 0.15) is 31.1 Å². The van der Waals surface area contributed by atoms with Crippen LogP contribution in [0, 0.1) is 12.8 Å². The van der Waals surface area contributed by atoms with Crippen LogP contribution >= 0.6 is 0 Å². The van der Waals surface area contributed by atoms with E-state index in [0.29, 0.717) is 5.82 Å². The first-order chi connectivity index (χ1) is 8.71. The van der Waals surface area contributed by atoms with E-state index >= 15 is 0 Å². The van der Waals surface area contributed by atoms with Crippen molar-refractivity contribution in [1.82, 2.24) is 14.3 Å². The lowest BCUT2D eigenvalue weighted by Gasteiger charge is -2.34. The van der Waals surface area contributed by atoms with E-state index in [9.17, 15) is 23.1 Å². The molecule has 8 heteroatoms. The molecule has 5 nitrogen and oxygen atoms in total. The third-order valence-corrected chi connectivity index (χ3v) is 3.74. The minimum atomic E-state index is -4.39. The Kier molecular flexibility index (Phi) is 3.46. The molecule has 0 aromatic carbocycles. The lowest BCUT2D eigenvalue weighted by molar-refractivity contribution is -0.200. The number of aliphatic hydroxyl groups is 1. The van der Waals surface area contributed by atoms with Crippen LogP contribution in [0.25, 0.3) is 0 Å². The molecule has 0 saturated heterocycles. The maximum Gasteiger partial charge on any atom is 0.393 e. The van der Waals surface area contributed by atoms with Crippen molar-refractivity contribution in [1.29, 1.82) is 0 Å². The molecule has 1 aliphatic rings. The Morgan fingerprint density at radius 3 is 2.47 bits per heavy atom. The summed E-state index contributed by atoms with van der Waals surface area (Å²) in [5.74, 6) is -1.28. The lowest BCUT2D eigenvalue weighted by Crippen LogP contribution is -2.42. The number of aryl methyl sites for hydroxylation is 1. The van der Waals surface area contributed by atoms with Crippen molar-refractivity contribution in [2.24, 2.45) is 13.0 Å². The van der Waals surface area contributed by atoms with E-state index in [1.54, 1.807) is 6.92 Å². The van der Waals surface area contributed by atoms with Crippen LogP contribution in [0.15, 0.2) is 4.79 Å². The monoisotopic (exact) mass is 279 g/mol. The number of halogens is 3. The molecule has 1 fully saturated rings. The van der Waals surface area contributed by atoms with Crippen LogP contribution in [0.4, 0.5) is 13.2 Å². The van der Waals surface area contributed by atoms with Crippen molar-refractivity contribution in [3.8, 4) is 0 Å². The molecule has 1 saturated carbocycles. The lowest BCUT2D eigenvalue weighted by atomic mass is 9.82. The van der Waals surface area contributed by atoms with E-state index in [0.717, 1.165) is 4.68 Å². The van der Waals surface area contributed by atoms with E-state index in [4.69, 9.17) is 0 Å². The Bertz CT molecular complexity index is 520. The Labute approximate surface area is 107 Å². The van der Waals surface area contributed by atoms with E-state index < -0.39 is 29.9 Å². The molecule has 1 aromatic heterocycles. The summed E-state index contributed by atoms with van der Waals surface area (Å²) in [5, 5.41) is 13.5. The van der Waals surface area contributed by atoms with Crippen molar-refractivity contribution in [3.05, 3.63) is 16.3 Å². The standard InChI is InChI=1S/C11H16F3N3O2/c1-6-15-17(10(19)16(6)2)9-5-7(18)3-4-8(9)11(12,13)14/h7-9,18H,3-5H2,1-2H3. The molecule has 2 rings (SSSR count). The number of nitrogens with zero attached hydrogens (tertiary/aromatic N) is 3. The Morgan fingerprint density at radius 2 is 2.00 bits per heavy atom. The third kappa shape index (κ3) is 2.54. The summed E-state index contributed by atoms with van der Waals surface area (Å²) in [6, 6.07) is -1.13. The number of aliphatic hydroxyl groups excluding tert-OH is 1. The first kappa shape index (κ1) is 14.1. The highest BCUT2D eigenvalue weighted by Gasteiger charge is 2.48. The molecule has 0 aliphatic heterocycles. The highest BCUT2D eigenvalue weighted by molar-refractivity contribution is 4.91. The van der Waals surface area contributed by atoms with Gasteiger partial charge in [-0.05, 0) is 26.2 Å². The molecule has 1 aliphatic carbocycles. The van der Waals surface area contributed by atoms with Gasteiger partial charge < -0.3 is 5.11 Å². The van der Waals surface area contributed by atoms with Crippen molar-refractivity contribution < 1.29 is 18.3 Å².